The summed E-state index contributed by atoms with van der Waals surface area (Å²) in [6.07, 6.45) is 9.47. The Balaban J connectivity index is 1.14. The van der Waals surface area contributed by atoms with Gasteiger partial charge >= 0.3 is 0 Å². The Morgan fingerprint density at radius 3 is 2.63 bits per heavy atom. The van der Waals surface area contributed by atoms with Crippen LogP contribution in [-0.2, 0) is 17.8 Å². The highest BCUT2D eigenvalue weighted by atomic mass is 16.3. The van der Waals surface area contributed by atoms with Gasteiger partial charge < -0.3 is 23.7 Å². The van der Waals surface area contributed by atoms with Gasteiger partial charge in [0.15, 0.2) is 22.7 Å². The molecule has 2 fully saturated rings. The van der Waals surface area contributed by atoms with Crippen molar-refractivity contribution < 1.29 is 14.0 Å². The van der Waals surface area contributed by atoms with Crippen molar-refractivity contribution in [3.05, 3.63) is 36.3 Å². The van der Waals surface area contributed by atoms with E-state index in [1.165, 1.54) is 12.7 Å². The molecule has 0 aromatic carbocycles. The molecule has 10 nitrogen and oxygen atoms in total. The zero-order valence-electron chi connectivity index (χ0n) is 19.9. The number of piperidine rings is 1. The van der Waals surface area contributed by atoms with Crippen LogP contribution < -0.4 is 4.90 Å². The van der Waals surface area contributed by atoms with Crippen LogP contribution in [0.2, 0.25) is 0 Å². The SMILES string of the molecule is O=C(c1ccco1)N1CCN(C(=O)[C@H]2CCCN(c3ncnc4c3nc3n4CCCCC3)C2)CC1. The van der Waals surface area contributed by atoms with Gasteiger partial charge in [-0.15, -0.1) is 0 Å². The fraction of sp³-hybridized carbons (Fsp3) is 0.560. The summed E-state index contributed by atoms with van der Waals surface area (Å²) in [6, 6.07) is 3.40. The Morgan fingerprint density at radius 2 is 1.80 bits per heavy atom. The molecule has 1 atom stereocenters. The van der Waals surface area contributed by atoms with E-state index >= 15 is 0 Å². The number of carbonyl (C=O) groups is 2. The lowest BCUT2D eigenvalue weighted by atomic mass is 9.96. The number of fused-ring (bicyclic) bond motifs is 3. The molecule has 0 bridgehead atoms. The second kappa shape index (κ2) is 9.31. The second-order valence-electron chi connectivity index (χ2n) is 9.74. The average molecular weight is 478 g/mol. The molecule has 3 aromatic heterocycles. The van der Waals surface area contributed by atoms with Gasteiger partial charge in [0.1, 0.15) is 12.2 Å². The number of piperazine rings is 1. The minimum absolute atomic E-state index is 0.0819. The normalized spacial score (nSPS) is 21.1. The first kappa shape index (κ1) is 22.1. The predicted molar refractivity (Wildman–Crippen MR) is 129 cm³/mol. The second-order valence-corrected chi connectivity index (χ2v) is 9.74. The van der Waals surface area contributed by atoms with E-state index in [1.807, 2.05) is 4.90 Å². The maximum Gasteiger partial charge on any atom is 0.289 e. The van der Waals surface area contributed by atoms with E-state index in [2.05, 4.69) is 19.4 Å². The first-order valence-electron chi connectivity index (χ1n) is 12.8. The van der Waals surface area contributed by atoms with Gasteiger partial charge in [0.05, 0.1) is 12.2 Å². The van der Waals surface area contributed by atoms with Crippen molar-refractivity contribution in [2.75, 3.05) is 44.2 Å². The van der Waals surface area contributed by atoms with Crippen molar-refractivity contribution in [1.82, 2.24) is 29.3 Å². The number of furan rings is 1. The van der Waals surface area contributed by atoms with E-state index in [4.69, 9.17) is 9.40 Å². The molecule has 35 heavy (non-hydrogen) atoms. The highest BCUT2D eigenvalue weighted by Crippen LogP contribution is 2.30. The number of anilines is 1. The van der Waals surface area contributed by atoms with E-state index in [9.17, 15) is 9.59 Å². The molecule has 3 aliphatic rings. The fourth-order valence-electron chi connectivity index (χ4n) is 5.67. The number of nitrogens with zero attached hydrogens (tertiary/aromatic N) is 7. The van der Waals surface area contributed by atoms with Crippen LogP contribution in [-0.4, -0.2) is 80.4 Å². The third kappa shape index (κ3) is 4.15. The van der Waals surface area contributed by atoms with E-state index in [0.29, 0.717) is 38.5 Å². The van der Waals surface area contributed by atoms with E-state index in [-0.39, 0.29) is 17.7 Å². The zero-order chi connectivity index (χ0) is 23.8. The average Bonchev–Trinajstić information content (AvgIpc) is 3.51. The van der Waals surface area contributed by atoms with Crippen molar-refractivity contribution in [1.29, 1.82) is 0 Å². The molecule has 0 unspecified atom stereocenters. The molecule has 0 radical (unpaired) electrons. The van der Waals surface area contributed by atoms with Gasteiger partial charge in [-0.2, -0.15) is 0 Å². The standard InChI is InChI=1S/C25H31N7O3/c33-24(29-11-13-30(14-12-29)25(34)19-7-5-15-35-19)18-6-4-9-31(16-18)22-21-23(27-17-26-22)32-10-3-1-2-8-20(32)28-21/h5,7,15,17-18H,1-4,6,8-14,16H2/t18-/m0/s1. The molecule has 0 saturated carbocycles. The van der Waals surface area contributed by atoms with Crippen molar-refractivity contribution in [3.63, 3.8) is 0 Å². The van der Waals surface area contributed by atoms with Gasteiger partial charge in [0.25, 0.3) is 5.91 Å². The number of hydrogen-bond acceptors (Lipinski definition) is 7. The molecular formula is C25H31N7O3. The molecule has 6 heterocycles. The van der Waals surface area contributed by atoms with E-state index in [1.54, 1.807) is 23.4 Å². The van der Waals surface area contributed by atoms with Gasteiger partial charge in [-0.3, -0.25) is 9.59 Å². The highest BCUT2D eigenvalue weighted by Gasteiger charge is 2.33. The van der Waals surface area contributed by atoms with Crippen LogP contribution in [0.25, 0.3) is 11.2 Å². The number of carbonyl (C=O) groups excluding carboxylic acids is 2. The first-order chi connectivity index (χ1) is 17.2. The maximum absolute atomic E-state index is 13.4. The third-order valence-corrected chi connectivity index (χ3v) is 7.55. The summed E-state index contributed by atoms with van der Waals surface area (Å²) < 4.78 is 7.49. The smallest absolute Gasteiger partial charge is 0.289 e. The molecule has 0 N–H and O–H groups in total. The molecular weight excluding hydrogens is 446 g/mol. The van der Waals surface area contributed by atoms with Crippen LogP contribution in [0.5, 0.6) is 0 Å². The Bertz CT molecular complexity index is 1210. The molecule has 0 spiro atoms. The number of amides is 2. The number of hydrogen-bond donors (Lipinski definition) is 0. The quantitative estimate of drug-likeness (QED) is 0.571. The van der Waals surface area contributed by atoms with Crippen molar-refractivity contribution >= 4 is 28.8 Å². The van der Waals surface area contributed by atoms with E-state index < -0.39 is 0 Å². The zero-order valence-corrected chi connectivity index (χ0v) is 19.9. The lowest BCUT2D eigenvalue weighted by Gasteiger charge is -2.39. The predicted octanol–water partition coefficient (Wildman–Crippen LogP) is 2.35. The summed E-state index contributed by atoms with van der Waals surface area (Å²) in [7, 11) is 0. The molecule has 2 saturated heterocycles. The van der Waals surface area contributed by atoms with Gasteiger partial charge in [0, 0.05) is 52.2 Å². The van der Waals surface area contributed by atoms with Crippen LogP contribution in [0.4, 0.5) is 5.82 Å². The molecule has 3 aliphatic heterocycles. The number of aromatic nitrogens is 4. The first-order valence-corrected chi connectivity index (χ1v) is 12.8. The summed E-state index contributed by atoms with van der Waals surface area (Å²) >= 11 is 0. The lowest BCUT2D eigenvalue weighted by molar-refractivity contribution is -0.137. The van der Waals surface area contributed by atoms with Crippen LogP contribution in [0.3, 0.4) is 0 Å². The Morgan fingerprint density at radius 1 is 0.943 bits per heavy atom. The molecule has 2 amide bonds. The van der Waals surface area contributed by atoms with Gasteiger partial charge in [-0.25, -0.2) is 15.0 Å². The molecule has 10 heteroatoms. The Hall–Kier alpha value is -3.43. The summed E-state index contributed by atoms with van der Waals surface area (Å²) in [5.74, 6) is 2.28. The van der Waals surface area contributed by atoms with Crippen molar-refractivity contribution in [3.8, 4) is 0 Å². The van der Waals surface area contributed by atoms with E-state index in [0.717, 1.165) is 68.0 Å². The summed E-state index contributed by atoms with van der Waals surface area (Å²) in [5.41, 5.74) is 1.78. The highest BCUT2D eigenvalue weighted by molar-refractivity contribution is 5.91. The number of rotatable bonds is 3. The molecule has 3 aromatic rings. The largest absolute Gasteiger partial charge is 0.459 e. The van der Waals surface area contributed by atoms with Crippen LogP contribution in [0.15, 0.2) is 29.1 Å². The summed E-state index contributed by atoms with van der Waals surface area (Å²) in [5, 5.41) is 0. The van der Waals surface area contributed by atoms with Crippen LogP contribution in [0, 0.1) is 5.92 Å². The topological polar surface area (TPSA) is 101 Å². The lowest BCUT2D eigenvalue weighted by Crippen LogP contribution is -2.53. The fourth-order valence-corrected chi connectivity index (χ4v) is 5.67. The van der Waals surface area contributed by atoms with Crippen LogP contribution in [0.1, 0.15) is 48.5 Å². The van der Waals surface area contributed by atoms with Gasteiger partial charge in [0.2, 0.25) is 5.91 Å². The van der Waals surface area contributed by atoms with Gasteiger partial charge in [-0.05, 0) is 37.8 Å². The number of imidazole rings is 1. The molecule has 0 aliphatic carbocycles. The monoisotopic (exact) mass is 477 g/mol. The minimum atomic E-state index is -0.114. The minimum Gasteiger partial charge on any atom is -0.459 e. The maximum atomic E-state index is 13.4. The summed E-state index contributed by atoms with van der Waals surface area (Å²) in [6.45, 7) is 4.60. The van der Waals surface area contributed by atoms with Crippen LogP contribution >= 0.6 is 0 Å². The Labute approximate surface area is 203 Å². The van der Waals surface area contributed by atoms with Gasteiger partial charge in [-0.1, -0.05) is 6.42 Å². The number of aryl methyl sites for hydroxylation is 2. The molecule has 6 rings (SSSR count). The van der Waals surface area contributed by atoms with Crippen molar-refractivity contribution in [2.24, 2.45) is 5.92 Å². The molecule has 184 valence electrons. The third-order valence-electron chi connectivity index (χ3n) is 7.55. The Kier molecular flexibility index (Phi) is 5.87. The summed E-state index contributed by atoms with van der Waals surface area (Å²) in [4.78, 5) is 46.0. The van der Waals surface area contributed by atoms with Crippen molar-refractivity contribution in [2.45, 2.75) is 45.1 Å².